The van der Waals surface area contributed by atoms with Gasteiger partial charge in [-0.1, -0.05) is 30.3 Å². The second-order valence-corrected chi connectivity index (χ2v) is 7.15. The highest BCUT2D eigenvalue weighted by molar-refractivity contribution is 5.67. The number of likely N-dealkylation sites (tertiary alicyclic amines) is 1. The van der Waals surface area contributed by atoms with Crippen molar-refractivity contribution in [3.8, 4) is 0 Å². The third-order valence-corrected chi connectivity index (χ3v) is 5.24. The van der Waals surface area contributed by atoms with E-state index in [0.29, 0.717) is 25.9 Å². The van der Waals surface area contributed by atoms with Gasteiger partial charge in [-0.05, 0) is 24.3 Å². The number of rotatable bonds is 4. The predicted molar refractivity (Wildman–Crippen MR) is 103 cm³/mol. The summed E-state index contributed by atoms with van der Waals surface area (Å²) in [5.74, 6) is -0.164. The number of hydrogen-bond donors (Lipinski definition) is 1. The summed E-state index contributed by atoms with van der Waals surface area (Å²) in [6.07, 6.45) is 1.14. The van der Waals surface area contributed by atoms with Crippen LogP contribution in [-0.4, -0.2) is 38.3 Å². The van der Waals surface area contributed by atoms with E-state index in [2.05, 4.69) is 0 Å². The molecular formula is C20H25N3O5. The number of carbonyl (C=O) groups is 1. The summed E-state index contributed by atoms with van der Waals surface area (Å²) < 4.78 is 7.63. The first-order valence-corrected chi connectivity index (χ1v) is 9.28. The van der Waals surface area contributed by atoms with E-state index >= 15 is 0 Å². The van der Waals surface area contributed by atoms with Gasteiger partial charge in [-0.15, -0.1) is 0 Å². The normalized spacial score (nSPS) is 16.0. The molecule has 8 nitrogen and oxygen atoms in total. The molecule has 1 aromatic carbocycles. The minimum atomic E-state index is -0.979. The largest absolute Gasteiger partial charge is 0.445 e. The number of ether oxygens (including phenoxy) is 1. The van der Waals surface area contributed by atoms with Crippen LogP contribution in [0.25, 0.3) is 0 Å². The van der Waals surface area contributed by atoms with E-state index in [-0.39, 0.29) is 24.2 Å². The summed E-state index contributed by atoms with van der Waals surface area (Å²) in [5, 5.41) is 10.7. The van der Waals surface area contributed by atoms with Crippen LogP contribution < -0.4 is 11.2 Å². The molecule has 28 heavy (non-hydrogen) atoms. The minimum Gasteiger partial charge on any atom is -0.445 e. The fourth-order valence-corrected chi connectivity index (χ4v) is 3.50. The first-order valence-electron chi connectivity index (χ1n) is 9.28. The van der Waals surface area contributed by atoms with Crippen molar-refractivity contribution >= 4 is 6.09 Å². The molecule has 1 amide bonds. The van der Waals surface area contributed by atoms with Crippen molar-refractivity contribution in [3.05, 3.63) is 68.5 Å². The van der Waals surface area contributed by atoms with Crippen LogP contribution in [0.3, 0.4) is 0 Å². The van der Waals surface area contributed by atoms with Crippen molar-refractivity contribution in [2.45, 2.75) is 25.6 Å². The van der Waals surface area contributed by atoms with Gasteiger partial charge in [0, 0.05) is 33.4 Å². The third-order valence-electron chi connectivity index (χ3n) is 5.24. The lowest BCUT2D eigenvalue weighted by molar-refractivity contribution is 0.0438. The van der Waals surface area contributed by atoms with Gasteiger partial charge in [-0.3, -0.25) is 9.36 Å². The number of aliphatic hydroxyl groups is 1. The van der Waals surface area contributed by atoms with Crippen LogP contribution in [0.15, 0.2) is 46.1 Å². The maximum Gasteiger partial charge on any atom is 0.410 e. The molecule has 1 unspecified atom stereocenters. The number of amides is 1. The zero-order chi connectivity index (χ0) is 20.3. The Labute approximate surface area is 162 Å². The molecule has 0 radical (unpaired) electrons. The maximum absolute atomic E-state index is 12.3. The number of piperidine rings is 1. The molecule has 2 aromatic rings. The van der Waals surface area contributed by atoms with E-state index in [9.17, 15) is 19.5 Å². The van der Waals surface area contributed by atoms with Gasteiger partial charge in [0.1, 0.15) is 6.61 Å². The van der Waals surface area contributed by atoms with Gasteiger partial charge in [-0.2, -0.15) is 0 Å². The number of benzene rings is 1. The fourth-order valence-electron chi connectivity index (χ4n) is 3.50. The van der Waals surface area contributed by atoms with Crippen molar-refractivity contribution in [1.29, 1.82) is 0 Å². The van der Waals surface area contributed by atoms with Crippen LogP contribution >= 0.6 is 0 Å². The Balaban J connectivity index is 1.58. The van der Waals surface area contributed by atoms with E-state index in [1.54, 1.807) is 11.9 Å². The first-order chi connectivity index (χ1) is 13.4. The van der Waals surface area contributed by atoms with Crippen LogP contribution in [0.4, 0.5) is 4.79 Å². The lowest BCUT2D eigenvalue weighted by atomic mass is 9.88. The Kier molecular flexibility index (Phi) is 5.99. The average Bonchev–Trinajstić information content (AvgIpc) is 2.73. The van der Waals surface area contributed by atoms with Crippen LogP contribution in [0.1, 0.15) is 30.1 Å². The van der Waals surface area contributed by atoms with Crippen LogP contribution in [-0.2, 0) is 25.4 Å². The lowest BCUT2D eigenvalue weighted by Gasteiger charge is -2.33. The van der Waals surface area contributed by atoms with Gasteiger partial charge in [0.15, 0.2) is 0 Å². The SMILES string of the molecule is Cn1cc(C(O)C2CCN(C(=O)OCc3ccccc3)CC2)c(=O)n(C)c1=O. The highest BCUT2D eigenvalue weighted by atomic mass is 16.6. The van der Waals surface area contributed by atoms with Gasteiger partial charge in [-0.25, -0.2) is 9.59 Å². The van der Waals surface area contributed by atoms with Gasteiger partial charge in [0.2, 0.25) is 0 Å². The molecule has 0 saturated carbocycles. The summed E-state index contributed by atoms with van der Waals surface area (Å²) in [6.45, 7) is 1.11. The number of hydrogen-bond acceptors (Lipinski definition) is 5. The predicted octanol–water partition coefficient (Wildman–Crippen LogP) is 1.17. The number of carbonyl (C=O) groups excluding carboxylic acids is 1. The van der Waals surface area contributed by atoms with E-state index in [4.69, 9.17) is 4.74 Å². The summed E-state index contributed by atoms with van der Waals surface area (Å²) in [7, 11) is 2.94. The molecule has 150 valence electrons. The number of aliphatic hydroxyl groups excluding tert-OH is 1. The van der Waals surface area contributed by atoms with Crippen molar-refractivity contribution < 1.29 is 14.6 Å². The quantitative estimate of drug-likeness (QED) is 0.850. The zero-order valence-electron chi connectivity index (χ0n) is 16.1. The maximum atomic E-state index is 12.3. The third kappa shape index (κ3) is 4.17. The van der Waals surface area contributed by atoms with Crippen LogP contribution in [0.5, 0.6) is 0 Å². The van der Waals surface area contributed by atoms with Crippen molar-refractivity contribution in [2.24, 2.45) is 20.0 Å². The topological polar surface area (TPSA) is 93.8 Å². The smallest absolute Gasteiger partial charge is 0.410 e. The Bertz CT molecular complexity index is 943. The molecule has 1 saturated heterocycles. The standard InChI is InChI=1S/C20H25N3O5/c1-21-12-16(18(25)22(2)19(21)26)17(24)15-8-10-23(11-9-15)20(27)28-13-14-6-4-3-5-7-14/h3-7,12,15,17,24H,8-11,13H2,1-2H3. The van der Waals surface area contributed by atoms with E-state index in [1.165, 1.54) is 17.8 Å². The second kappa shape index (κ2) is 8.43. The van der Waals surface area contributed by atoms with Gasteiger partial charge in [0.25, 0.3) is 5.56 Å². The molecule has 1 N–H and O–H groups in total. The second-order valence-electron chi connectivity index (χ2n) is 7.15. The Hall–Kier alpha value is -2.87. The molecule has 1 aliphatic heterocycles. The fraction of sp³-hybridized carbons (Fsp3) is 0.450. The van der Waals surface area contributed by atoms with E-state index < -0.39 is 17.4 Å². The molecule has 1 atom stereocenters. The minimum absolute atomic E-state index is 0.164. The Morgan fingerprint density at radius 3 is 2.46 bits per heavy atom. The molecule has 2 heterocycles. The van der Waals surface area contributed by atoms with Gasteiger partial charge < -0.3 is 19.3 Å². The molecular weight excluding hydrogens is 362 g/mol. The van der Waals surface area contributed by atoms with E-state index in [0.717, 1.165) is 10.1 Å². The van der Waals surface area contributed by atoms with Gasteiger partial charge in [0.05, 0.1) is 11.7 Å². The van der Waals surface area contributed by atoms with Crippen molar-refractivity contribution in [3.63, 3.8) is 0 Å². The monoisotopic (exact) mass is 387 g/mol. The van der Waals surface area contributed by atoms with Crippen LogP contribution in [0.2, 0.25) is 0 Å². The highest BCUT2D eigenvalue weighted by Gasteiger charge is 2.30. The first kappa shape index (κ1) is 19.9. The lowest BCUT2D eigenvalue weighted by Crippen LogP contribution is -2.42. The summed E-state index contributed by atoms with van der Waals surface area (Å²) in [4.78, 5) is 38.0. The molecule has 8 heteroatoms. The summed E-state index contributed by atoms with van der Waals surface area (Å²) >= 11 is 0. The number of nitrogens with zero attached hydrogens (tertiary/aromatic N) is 3. The van der Waals surface area contributed by atoms with E-state index in [1.807, 2.05) is 30.3 Å². The molecule has 3 rings (SSSR count). The molecule has 1 aliphatic rings. The number of aromatic nitrogens is 2. The van der Waals surface area contributed by atoms with Crippen LogP contribution in [0, 0.1) is 5.92 Å². The number of aryl methyl sites for hydroxylation is 1. The molecule has 0 spiro atoms. The molecule has 1 aromatic heterocycles. The highest BCUT2D eigenvalue weighted by Crippen LogP contribution is 2.29. The summed E-state index contributed by atoms with van der Waals surface area (Å²) in [6, 6.07) is 9.46. The molecule has 0 bridgehead atoms. The Morgan fingerprint density at radius 1 is 1.18 bits per heavy atom. The van der Waals surface area contributed by atoms with Gasteiger partial charge >= 0.3 is 11.8 Å². The van der Waals surface area contributed by atoms with Crippen molar-refractivity contribution in [2.75, 3.05) is 13.1 Å². The Morgan fingerprint density at radius 2 is 1.82 bits per heavy atom. The average molecular weight is 387 g/mol. The molecule has 0 aliphatic carbocycles. The van der Waals surface area contributed by atoms with Crippen molar-refractivity contribution in [1.82, 2.24) is 14.0 Å². The zero-order valence-corrected chi connectivity index (χ0v) is 16.1. The molecule has 1 fully saturated rings. The summed E-state index contributed by atoms with van der Waals surface area (Å²) in [5.41, 5.74) is 0.207.